The van der Waals surface area contributed by atoms with Crippen LogP contribution >= 0.6 is 11.8 Å². The van der Waals surface area contributed by atoms with Gasteiger partial charge in [-0.15, -0.1) is 0 Å². The molecule has 0 saturated carbocycles. The molecule has 3 rings (SSSR count). The average Bonchev–Trinajstić information content (AvgIpc) is 2.66. The van der Waals surface area contributed by atoms with Crippen LogP contribution in [0.2, 0.25) is 0 Å². The number of phenolic OH excluding ortho intramolecular Hbond substituents is 1. The third-order valence-corrected chi connectivity index (χ3v) is 5.20. The first kappa shape index (κ1) is 17.7. The zero-order chi connectivity index (χ0) is 17.6. The largest absolute Gasteiger partial charge is 0.508 e. The average molecular weight is 357 g/mol. The number of hydrogen-bond donors (Lipinski definition) is 1. The van der Waals surface area contributed by atoms with Crippen LogP contribution in [0.4, 0.5) is 0 Å². The molecule has 2 aromatic rings. The van der Waals surface area contributed by atoms with E-state index in [2.05, 4.69) is 9.97 Å². The molecule has 1 saturated heterocycles. The fourth-order valence-corrected chi connectivity index (χ4v) is 3.63. The van der Waals surface area contributed by atoms with Gasteiger partial charge < -0.3 is 10.0 Å². The van der Waals surface area contributed by atoms with E-state index in [0.717, 1.165) is 44.2 Å². The number of aromatic nitrogens is 2. The maximum Gasteiger partial charge on any atom is 0.257 e. The van der Waals surface area contributed by atoms with E-state index in [1.807, 2.05) is 23.3 Å². The predicted molar refractivity (Wildman–Crippen MR) is 98.9 cm³/mol. The van der Waals surface area contributed by atoms with Crippen LogP contribution in [0, 0.1) is 0 Å². The minimum absolute atomic E-state index is 0.0215. The molecule has 6 heteroatoms. The van der Waals surface area contributed by atoms with Crippen molar-refractivity contribution in [3.05, 3.63) is 47.8 Å². The quantitative estimate of drug-likeness (QED) is 0.655. The van der Waals surface area contributed by atoms with Gasteiger partial charge in [-0.25, -0.2) is 9.97 Å². The van der Waals surface area contributed by atoms with Crippen LogP contribution in [0.3, 0.4) is 0 Å². The van der Waals surface area contributed by atoms with Gasteiger partial charge >= 0.3 is 0 Å². The number of benzene rings is 1. The Morgan fingerprint density at radius 3 is 2.84 bits per heavy atom. The van der Waals surface area contributed by atoms with Crippen LogP contribution in [0.1, 0.15) is 41.6 Å². The summed E-state index contributed by atoms with van der Waals surface area (Å²) in [5.41, 5.74) is 1.66. The van der Waals surface area contributed by atoms with Gasteiger partial charge in [0.1, 0.15) is 5.75 Å². The van der Waals surface area contributed by atoms with Crippen molar-refractivity contribution in [3.8, 4) is 5.75 Å². The van der Waals surface area contributed by atoms with E-state index in [-0.39, 0.29) is 11.9 Å². The number of piperidine rings is 1. The highest BCUT2D eigenvalue weighted by Gasteiger charge is 2.27. The number of aromatic hydroxyl groups is 1. The molecule has 1 amide bonds. The second-order valence-electron chi connectivity index (χ2n) is 6.32. The Labute approximate surface area is 152 Å². The Balaban J connectivity index is 1.68. The van der Waals surface area contributed by atoms with Crippen molar-refractivity contribution in [1.82, 2.24) is 14.9 Å². The molecule has 1 aromatic carbocycles. The Morgan fingerprint density at radius 1 is 1.32 bits per heavy atom. The molecule has 1 unspecified atom stereocenters. The van der Waals surface area contributed by atoms with E-state index in [4.69, 9.17) is 0 Å². The lowest BCUT2D eigenvalue weighted by atomic mass is 9.95. The molecule has 1 N–H and O–H groups in total. The molecule has 0 radical (unpaired) electrons. The number of aryl methyl sites for hydroxylation is 1. The number of carbonyl (C=O) groups is 1. The normalized spacial score (nSPS) is 17.5. The second kappa shape index (κ2) is 8.34. The molecule has 2 heterocycles. The first-order valence-corrected chi connectivity index (χ1v) is 9.85. The van der Waals surface area contributed by atoms with Gasteiger partial charge in [-0.2, -0.15) is 0 Å². The van der Waals surface area contributed by atoms with Crippen molar-refractivity contribution in [2.75, 3.05) is 12.8 Å². The van der Waals surface area contributed by atoms with Crippen molar-refractivity contribution in [3.63, 3.8) is 0 Å². The van der Waals surface area contributed by atoms with Gasteiger partial charge in [-0.1, -0.05) is 23.9 Å². The van der Waals surface area contributed by atoms with Crippen LogP contribution in [-0.4, -0.2) is 44.7 Å². The molecule has 0 aliphatic carbocycles. The zero-order valence-electron chi connectivity index (χ0n) is 14.4. The van der Waals surface area contributed by atoms with E-state index in [1.54, 1.807) is 24.5 Å². The van der Waals surface area contributed by atoms with E-state index >= 15 is 0 Å². The highest BCUT2D eigenvalue weighted by atomic mass is 32.2. The molecular weight excluding hydrogens is 334 g/mol. The number of hydrogen-bond acceptors (Lipinski definition) is 5. The number of amides is 1. The number of phenols is 1. The summed E-state index contributed by atoms with van der Waals surface area (Å²) < 4.78 is 0. The van der Waals surface area contributed by atoms with Crippen molar-refractivity contribution < 1.29 is 9.90 Å². The van der Waals surface area contributed by atoms with Crippen LogP contribution in [0.25, 0.3) is 0 Å². The number of likely N-dealkylation sites (tertiary alicyclic amines) is 1. The number of nitrogens with zero attached hydrogens (tertiary/aromatic N) is 3. The summed E-state index contributed by atoms with van der Waals surface area (Å²) in [6.45, 7) is 0.786. The van der Waals surface area contributed by atoms with Crippen molar-refractivity contribution in [1.29, 1.82) is 0 Å². The minimum Gasteiger partial charge on any atom is -0.508 e. The van der Waals surface area contributed by atoms with Crippen LogP contribution < -0.4 is 0 Å². The summed E-state index contributed by atoms with van der Waals surface area (Å²) in [6.07, 6.45) is 10.1. The summed E-state index contributed by atoms with van der Waals surface area (Å²) in [4.78, 5) is 23.3. The monoisotopic (exact) mass is 357 g/mol. The molecule has 1 aliphatic heterocycles. The predicted octanol–water partition coefficient (Wildman–Crippen LogP) is 3.53. The maximum absolute atomic E-state index is 12.9. The van der Waals surface area contributed by atoms with E-state index in [9.17, 15) is 9.90 Å². The van der Waals surface area contributed by atoms with Gasteiger partial charge in [-0.05, 0) is 56.1 Å². The fourth-order valence-electron chi connectivity index (χ4n) is 3.31. The lowest BCUT2D eigenvalue weighted by molar-refractivity contribution is 0.0600. The van der Waals surface area contributed by atoms with Gasteiger partial charge in [0, 0.05) is 25.0 Å². The molecule has 0 bridgehead atoms. The molecular formula is C19H23N3O2S. The van der Waals surface area contributed by atoms with Crippen molar-refractivity contribution >= 4 is 17.7 Å². The second-order valence-corrected chi connectivity index (χ2v) is 7.09. The van der Waals surface area contributed by atoms with Gasteiger partial charge in [0.05, 0.1) is 5.56 Å². The Hall–Kier alpha value is -2.08. The molecule has 1 aliphatic rings. The van der Waals surface area contributed by atoms with Crippen molar-refractivity contribution in [2.24, 2.45) is 0 Å². The highest BCUT2D eigenvalue weighted by molar-refractivity contribution is 7.98. The third-order valence-electron chi connectivity index (χ3n) is 4.62. The first-order valence-electron chi connectivity index (χ1n) is 8.62. The third kappa shape index (κ3) is 4.51. The SMILES string of the molecule is CSc1ncc(C(=O)N2CCCCC2CCc2cccc(O)c2)cn1. The van der Waals surface area contributed by atoms with Crippen LogP contribution in [0.15, 0.2) is 41.8 Å². The summed E-state index contributed by atoms with van der Waals surface area (Å²) in [6, 6.07) is 7.58. The molecule has 5 nitrogen and oxygen atoms in total. The van der Waals surface area contributed by atoms with Crippen LogP contribution in [-0.2, 0) is 6.42 Å². The van der Waals surface area contributed by atoms with Crippen molar-refractivity contribution in [2.45, 2.75) is 43.3 Å². The lowest BCUT2D eigenvalue weighted by Crippen LogP contribution is -2.44. The summed E-state index contributed by atoms with van der Waals surface area (Å²) >= 11 is 1.46. The summed E-state index contributed by atoms with van der Waals surface area (Å²) in [7, 11) is 0. The minimum atomic E-state index is 0.0215. The van der Waals surface area contributed by atoms with E-state index in [1.165, 1.54) is 11.8 Å². The smallest absolute Gasteiger partial charge is 0.257 e. The molecule has 1 fully saturated rings. The molecule has 1 aromatic heterocycles. The number of rotatable bonds is 5. The summed E-state index contributed by atoms with van der Waals surface area (Å²) in [5, 5.41) is 10.3. The van der Waals surface area contributed by atoms with Crippen LogP contribution in [0.5, 0.6) is 5.75 Å². The Bertz CT molecular complexity index is 721. The van der Waals surface area contributed by atoms with Gasteiger partial charge in [0.15, 0.2) is 5.16 Å². The molecule has 0 spiro atoms. The summed E-state index contributed by atoms with van der Waals surface area (Å²) in [5.74, 6) is 0.313. The van der Waals surface area contributed by atoms with Gasteiger partial charge in [-0.3, -0.25) is 4.79 Å². The topological polar surface area (TPSA) is 66.3 Å². The first-order chi connectivity index (χ1) is 12.2. The number of thioether (sulfide) groups is 1. The zero-order valence-corrected chi connectivity index (χ0v) is 15.2. The Morgan fingerprint density at radius 2 is 2.12 bits per heavy atom. The molecule has 1 atom stereocenters. The van der Waals surface area contributed by atoms with E-state index in [0.29, 0.717) is 16.5 Å². The fraction of sp³-hybridized carbons (Fsp3) is 0.421. The highest BCUT2D eigenvalue weighted by Crippen LogP contribution is 2.24. The van der Waals surface area contributed by atoms with Gasteiger partial charge in [0.25, 0.3) is 5.91 Å². The Kier molecular flexibility index (Phi) is 5.91. The standard InChI is InChI=1S/C19H23N3O2S/c1-25-19-20-12-15(13-21-19)18(24)22-10-3-2-6-16(22)9-8-14-5-4-7-17(23)11-14/h4-5,7,11-13,16,23H,2-3,6,8-10H2,1H3. The molecule has 25 heavy (non-hydrogen) atoms. The maximum atomic E-state index is 12.9. The van der Waals surface area contributed by atoms with E-state index < -0.39 is 0 Å². The molecule has 132 valence electrons. The lowest BCUT2D eigenvalue weighted by Gasteiger charge is -2.36. The van der Waals surface area contributed by atoms with Gasteiger partial charge in [0.2, 0.25) is 0 Å². The number of carbonyl (C=O) groups excluding carboxylic acids is 1.